The van der Waals surface area contributed by atoms with Gasteiger partial charge in [0.1, 0.15) is 5.82 Å². The summed E-state index contributed by atoms with van der Waals surface area (Å²) in [5.41, 5.74) is -0.882. The van der Waals surface area contributed by atoms with E-state index >= 15 is 0 Å². The molecule has 3 rings (SSSR count). The molecule has 1 heterocycles. The number of halogens is 5. The van der Waals surface area contributed by atoms with Crippen molar-refractivity contribution in [3.63, 3.8) is 0 Å². The number of nitrogens with one attached hydrogen (secondary N) is 1. The number of carbonyl (C=O) groups excluding carboxylic acids is 1. The zero-order valence-electron chi connectivity index (χ0n) is 14.1. The molecule has 0 spiro atoms. The first-order valence-electron chi connectivity index (χ1n) is 7.93. The first kappa shape index (κ1) is 20.2. The van der Waals surface area contributed by atoms with E-state index in [1.54, 1.807) is 0 Å². The lowest BCUT2D eigenvalue weighted by molar-refractivity contribution is 0.0183. The molecule has 1 fully saturated rings. The Bertz CT molecular complexity index is 1040. The van der Waals surface area contributed by atoms with Crippen LogP contribution in [0.4, 0.5) is 27.6 Å². The first-order chi connectivity index (χ1) is 13.0. The highest BCUT2D eigenvalue weighted by Crippen LogP contribution is 2.31. The van der Waals surface area contributed by atoms with Crippen LogP contribution < -0.4 is 5.32 Å². The highest BCUT2D eigenvalue weighted by Gasteiger charge is 2.43. The fourth-order valence-electron chi connectivity index (χ4n) is 2.67. The van der Waals surface area contributed by atoms with Gasteiger partial charge in [-0.15, -0.1) is 0 Å². The maximum absolute atomic E-state index is 14.0. The Kier molecular flexibility index (Phi) is 5.15. The minimum Gasteiger partial charge on any atom is -0.322 e. The highest BCUT2D eigenvalue weighted by atomic mass is 32.2. The molecule has 1 amide bonds. The molecule has 2 aromatic carbocycles. The quantitative estimate of drug-likeness (QED) is 0.772. The standard InChI is InChI=1S/C17H13F5N2O3S/c18-13-4-2-11(28(26,27)24-6-5-17(21,22)9-24)8-12(13)16(25)23-10-1-3-14(19)15(20)7-10/h1-4,7-8H,5-6,9H2,(H,23,25). The molecule has 0 atom stereocenters. The Labute approximate surface area is 156 Å². The second kappa shape index (κ2) is 7.13. The van der Waals surface area contributed by atoms with Crippen molar-refractivity contribution in [2.75, 3.05) is 18.4 Å². The van der Waals surface area contributed by atoms with Gasteiger partial charge >= 0.3 is 0 Å². The van der Waals surface area contributed by atoms with Crippen molar-refractivity contribution >= 4 is 21.6 Å². The van der Waals surface area contributed by atoms with E-state index in [0.717, 1.165) is 18.2 Å². The van der Waals surface area contributed by atoms with Crippen LogP contribution in [-0.2, 0) is 10.0 Å². The number of nitrogens with zero attached hydrogens (tertiary/aromatic N) is 1. The van der Waals surface area contributed by atoms with Gasteiger partial charge in [0.05, 0.1) is 17.0 Å². The molecule has 0 aliphatic carbocycles. The van der Waals surface area contributed by atoms with E-state index in [2.05, 4.69) is 5.32 Å². The number of hydrogen-bond acceptors (Lipinski definition) is 3. The largest absolute Gasteiger partial charge is 0.322 e. The number of sulfonamides is 1. The molecule has 5 nitrogen and oxygen atoms in total. The predicted octanol–water partition coefficient (Wildman–Crippen LogP) is 3.39. The fourth-order valence-corrected chi connectivity index (χ4v) is 4.17. The molecule has 1 aliphatic rings. The van der Waals surface area contributed by atoms with Gasteiger partial charge in [-0.3, -0.25) is 4.79 Å². The Balaban J connectivity index is 1.88. The lowest BCUT2D eigenvalue weighted by atomic mass is 10.2. The van der Waals surface area contributed by atoms with Crippen LogP contribution >= 0.6 is 0 Å². The summed E-state index contributed by atoms with van der Waals surface area (Å²) in [5, 5.41) is 2.11. The Morgan fingerprint density at radius 1 is 1.00 bits per heavy atom. The summed E-state index contributed by atoms with van der Waals surface area (Å²) < 4.78 is 92.4. The molecule has 1 aliphatic heterocycles. The zero-order chi connectivity index (χ0) is 20.7. The van der Waals surface area contributed by atoms with Gasteiger partial charge in [0.2, 0.25) is 10.0 Å². The van der Waals surface area contributed by atoms with Crippen molar-refractivity contribution in [1.29, 1.82) is 0 Å². The van der Waals surface area contributed by atoms with E-state index in [0.29, 0.717) is 22.5 Å². The molecule has 0 unspecified atom stereocenters. The van der Waals surface area contributed by atoms with Gasteiger partial charge in [0.15, 0.2) is 11.6 Å². The zero-order valence-corrected chi connectivity index (χ0v) is 14.9. The molecule has 0 aromatic heterocycles. The van der Waals surface area contributed by atoms with Crippen LogP contribution in [0.2, 0.25) is 0 Å². The number of alkyl halides is 2. The van der Waals surface area contributed by atoms with Crippen molar-refractivity contribution in [3.05, 3.63) is 59.4 Å². The number of anilines is 1. The number of carbonyl (C=O) groups is 1. The molecule has 0 bridgehead atoms. The third-order valence-electron chi connectivity index (χ3n) is 4.13. The molecule has 1 N–H and O–H groups in total. The smallest absolute Gasteiger partial charge is 0.262 e. The van der Waals surface area contributed by atoms with Gasteiger partial charge < -0.3 is 5.32 Å². The molecule has 0 saturated carbocycles. The van der Waals surface area contributed by atoms with Gasteiger partial charge in [0.25, 0.3) is 11.8 Å². The van der Waals surface area contributed by atoms with Gasteiger partial charge in [-0.25, -0.2) is 30.4 Å². The molecule has 150 valence electrons. The van der Waals surface area contributed by atoms with Crippen molar-refractivity contribution in [1.82, 2.24) is 4.31 Å². The first-order valence-corrected chi connectivity index (χ1v) is 9.37. The molecule has 1 saturated heterocycles. The van der Waals surface area contributed by atoms with Crippen LogP contribution in [0, 0.1) is 17.5 Å². The van der Waals surface area contributed by atoms with Crippen LogP contribution in [0.15, 0.2) is 41.3 Å². The summed E-state index contributed by atoms with van der Waals surface area (Å²) in [6, 6.07) is 4.71. The van der Waals surface area contributed by atoms with Crippen LogP contribution in [-0.4, -0.2) is 37.6 Å². The third-order valence-corrected chi connectivity index (χ3v) is 5.97. The van der Waals surface area contributed by atoms with Gasteiger partial charge in [-0.05, 0) is 30.3 Å². The molecule has 0 radical (unpaired) electrons. The lowest BCUT2D eigenvalue weighted by Gasteiger charge is -2.17. The van der Waals surface area contributed by atoms with Gasteiger partial charge in [0, 0.05) is 24.7 Å². The lowest BCUT2D eigenvalue weighted by Crippen LogP contribution is -2.31. The Hall–Kier alpha value is -2.53. The van der Waals surface area contributed by atoms with Crippen LogP contribution in [0.25, 0.3) is 0 Å². The molecular weight excluding hydrogens is 407 g/mol. The predicted molar refractivity (Wildman–Crippen MR) is 89.0 cm³/mol. The average molecular weight is 420 g/mol. The number of rotatable bonds is 4. The van der Waals surface area contributed by atoms with Crippen molar-refractivity contribution < 1.29 is 35.2 Å². The second-order valence-corrected chi connectivity index (χ2v) is 8.11. The molecule has 2 aromatic rings. The maximum Gasteiger partial charge on any atom is 0.262 e. The summed E-state index contributed by atoms with van der Waals surface area (Å²) in [6.07, 6.45) is -0.642. The Morgan fingerprint density at radius 2 is 1.68 bits per heavy atom. The minimum absolute atomic E-state index is 0.184. The van der Waals surface area contributed by atoms with E-state index in [1.165, 1.54) is 0 Å². The van der Waals surface area contributed by atoms with Crippen molar-refractivity contribution in [3.8, 4) is 0 Å². The van der Waals surface area contributed by atoms with Crippen molar-refractivity contribution in [2.45, 2.75) is 17.2 Å². The van der Waals surface area contributed by atoms with Gasteiger partial charge in [-0.1, -0.05) is 0 Å². The summed E-state index contributed by atoms with van der Waals surface area (Å²) in [5.74, 6) is -7.76. The van der Waals surface area contributed by atoms with Crippen LogP contribution in [0.3, 0.4) is 0 Å². The van der Waals surface area contributed by atoms with Crippen LogP contribution in [0.1, 0.15) is 16.8 Å². The summed E-state index contributed by atoms with van der Waals surface area (Å²) in [6.45, 7) is -1.42. The van der Waals surface area contributed by atoms with E-state index in [1.807, 2.05) is 0 Å². The summed E-state index contributed by atoms with van der Waals surface area (Å²) in [4.78, 5) is 11.7. The topological polar surface area (TPSA) is 66.5 Å². The highest BCUT2D eigenvalue weighted by molar-refractivity contribution is 7.89. The van der Waals surface area contributed by atoms with Crippen molar-refractivity contribution in [2.24, 2.45) is 0 Å². The van der Waals surface area contributed by atoms with E-state index in [9.17, 15) is 35.2 Å². The Morgan fingerprint density at radius 3 is 2.29 bits per heavy atom. The molecule has 28 heavy (non-hydrogen) atoms. The summed E-state index contributed by atoms with van der Waals surface area (Å²) in [7, 11) is -4.37. The summed E-state index contributed by atoms with van der Waals surface area (Å²) >= 11 is 0. The normalized spacial score (nSPS) is 16.9. The molecular formula is C17H13F5N2O3S. The maximum atomic E-state index is 14.0. The van der Waals surface area contributed by atoms with Crippen LogP contribution in [0.5, 0.6) is 0 Å². The fraction of sp³-hybridized carbons (Fsp3) is 0.235. The number of hydrogen-bond donors (Lipinski definition) is 1. The van der Waals surface area contributed by atoms with E-state index in [4.69, 9.17) is 0 Å². The molecule has 11 heteroatoms. The van der Waals surface area contributed by atoms with E-state index in [-0.39, 0.29) is 5.69 Å². The average Bonchev–Trinajstić information content (AvgIpc) is 2.99. The van der Waals surface area contributed by atoms with E-state index < -0.39 is 69.3 Å². The number of benzene rings is 2. The second-order valence-electron chi connectivity index (χ2n) is 6.17. The third kappa shape index (κ3) is 3.99. The SMILES string of the molecule is O=C(Nc1ccc(F)c(F)c1)c1cc(S(=O)(=O)N2CCC(F)(F)C2)ccc1F. The van der Waals surface area contributed by atoms with Gasteiger partial charge in [-0.2, -0.15) is 4.31 Å². The number of amides is 1. The minimum atomic E-state index is -4.37. The monoisotopic (exact) mass is 420 g/mol.